The molecule has 0 radical (unpaired) electrons. The van der Waals surface area contributed by atoms with Crippen LogP contribution in [0.15, 0.2) is 48.8 Å². The number of benzene rings is 1. The Kier molecular flexibility index (Phi) is 5.98. The van der Waals surface area contributed by atoms with Crippen LogP contribution in [0.3, 0.4) is 0 Å². The highest BCUT2D eigenvalue weighted by Gasteiger charge is 2.14. The number of nitrogens with zero attached hydrogens (tertiary/aromatic N) is 2. The van der Waals surface area contributed by atoms with E-state index in [0.717, 1.165) is 49.7 Å². The van der Waals surface area contributed by atoms with Gasteiger partial charge in [0.05, 0.1) is 19.3 Å². The molecule has 1 aromatic heterocycles. The van der Waals surface area contributed by atoms with E-state index in [2.05, 4.69) is 26.6 Å². The number of carbonyl (C=O) groups excluding carboxylic acids is 1. The van der Waals surface area contributed by atoms with Crippen molar-refractivity contribution in [2.45, 2.75) is 19.5 Å². The maximum Gasteiger partial charge on any atom is 0.319 e. The SMILES string of the molecule is CC(NC(=O)Nc1ccccc1CN1CCOCC1)c1ccncc1. The van der Waals surface area contributed by atoms with Gasteiger partial charge in [0.1, 0.15) is 0 Å². The third-order valence-electron chi connectivity index (χ3n) is 4.32. The Morgan fingerprint density at radius 3 is 2.68 bits per heavy atom. The number of aromatic nitrogens is 1. The normalized spacial score (nSPS) is 16.2. The van der Waals surface area contributed by atoms with E-state index >= 15 is 0 Å². The molecule has 0 saturated carbocycles. The Morgan fingerprint density at radius 1 is 1.20 bits per heavy atom. The second-order valence-corrected chi connectivity index (χ2v) is 6.15. The molecule has 2 N–H and O–H groups in total. The van der Waals surface area contributed by atoms with E-state index in [9.17, 15) is 4.79 Å². The summed E-state index contributed by atoms with van der Waals surface area (Å²) in [4.78, 5) is 18.7. The predicted octanol–water partition coefficient (Wildman–Crippen LogP) is 2.80. The first kappa shape index (κ1) is 17.4. The van der Waals surface area contributed by atoms with Crippen molar-refractivity contribution in [2.75, 3.05) is 31.6 Å². The summed E-state index contributed by atoms with van der Waals surface area (Å²) in [5.74, 6) is 0. The highest BCUT2D eigenvalue weighted by atomic mass is 16.5. The molecule has 1 atom stereocenters. The number of para-hydroxylation sites is 1. The number of rotatable bonds is 5. The number of morpholine rings is 1. The fraction of sp³-hybridized carbons (Fsp3) is 0.368. The molecular weight excluding hydrogens is 316 g/mol. The Balaban J connectivity index is 1.61. The summed E-state index contributed by atoms with van der Waals surface area (Å²) in [7, 11) is 0. The van der Waals surface area contributed by atoms with Crippen molar-refractivity contribution in [3.05, 3.63) is 59.9 Å². The maximum atomic E-state index is 12.4. The molecule has 2 aromatic rings. The quantitative estimate of drug-likeness (QED) is 0.878. The molecule has 1 saturated heterocycles. The minimum absolute atomic E-state index is 0.0885. The number of pyridine rings is 1. The van der Waals surface area contributed by atoms with E-state index in [1.165, 1.54) is 0 Å². The van der Waals surface area contributed by atoms with Crippen molar-refractivity contribution in [1.82, 2.24) is 15.2 Å². The summed E-state index contributed by atoms with van der Waals surface area (Å²) < 4.78 is 5.39. The highest BCUT2D eigenvalue weighted by Crippen LogP contribution is 2.18. The first-order chi connectivity index (χ1) is 12.2. The maximum absolute atomic E-state index is 12.4. The molecular formula is C19H24N4O2. The van der Waals surface area contributed by atoms with Gasteiger partial charge in [0.25, 0.3) is 0 Å². The molecule has 3 rings (SSSR count). The summed E-state index contributed by atoms with van der Waals surface area (Å²) in [5.41, 5.74) is 2.97. The van der Waals surface area contributed by atoms with Crippen LogP contribution in [0.5, 0.6) is 0 Å². The molecule has 6 nitrogen and oxygen atoms in total. The Hall–Kier alpha value is -2.44. The van der Waals surface area contributed by atoms with Crippen LogP contribution in [0.2, 0.25) is 0 Å². The van der Waals surface area contributed by atoms with Crippen LogP contribution in [-0.2, 0) is 11.3 Å². The monoisotopic (exact) mass is 340 g/mol. The second kappa shape index (κ2) is 8.60. The van der Waals surface area contributed by atoms with E-state index in [4.69, 9.17) is 4.74 Å². The minimum atomic E-state index is -0.210. The van der Waals surface area contributed by atoms with Crippen molar-refractivity contribution < 1.29 is 9.53 Å². The molecule has 25 heavy (non-hydrogen) atoms. The van der Waals surface area contributed by atoms with Crippen molar-refractivity contribution in [1.29, 1.82) is 0 Å². The van der Waals surface area contributed by atoms with Gasteiger partial charge in [-0.2, -0.15) is 0 Å². The number of carbonyl (C=O) groups is 1. The van der Waals surface area contributed by atoms with Crippen LogP contribution in [0.1, 0.15) is 24.1 Å². The van der Waals surface area contributed by atoms with Crippen molar-refractivity contribution in [2.24, 2.45) is 0 Å². The second-order valence-electron chi connectivity index (χ2n) is 6.15. The van der Waals surface area contributed by atoms with Gasteiger partial charge in [-0.1, -0.05) is 18.2 Å². The lowest BCUT2D eigenvalue weighted by Gasteiger charge is -2.27. The average molecular weight is 340 g/mol. The van der Waals surface area contributed by atoms with E-state index in [-0.39, 0.29) is 12.1 Å². The first-order valence-electron chi connectivity index (χ1n) is 8.58. The molecule has 1 fully saturated rings. The van der Waals surface area contributed by atoms with Gasteiger partial charge in [0.2, 0.25) is 0 Å². The number of nitrogens with one attached hydrogen (secondary N) is 2. The Morgan fingerprint density at radius 2 is 1.92 bits per heavy atom. The number of ether oxygens (including phenoxy) is 1. The van der Waals surface area contributed by atoms with Crippen LogP contribution in [0.4, 0.5) is 10.5 Å². The van der Waals surface area contributed by atoms with E-state index in [1.807, 2.05) is 37.3 Å². The van der Waals surface area contributed by atoms with Crippen molar-refractivity contribution in [3.8, 4) is 0 Å². The molecule has 1 aliphatic rings. The molecule has 1 aliphatic heterocycles. The number of hydrogen-bond donors (Lipinski definition) is 2. The summed E-state index contributed by atoms with van der Waals surface area (Å²) in [6.07, 6.45) is 3.45. The fourth-order valence-electron chi connectivity index (χ4n) is 2.87. The van der Waals surface area contributed by atoms with Crippen LogP contribution in [0.25, 0.3) is 0 Å². The molecule has 0 aliphatic carbocycles. The molecule has 0 spiro atoms. The minimum Gasteiger partial charge on any atom is -0.379 e. The van der Waals surface area contributed by atoms with Crippen LogP contribution >= 0.6 is 0 Å². The van der Waals surface area contributed by atoms with Crippen molar-refractivity contribution >= 4 is 11.7 Å². The molecule has 0 bridgehead atoms. The first-order valence-corrected chi connectivity index (χ1v) is 8.58. The van der Waals surface area contributed by atoms with Gasteiger partial charge in [0, 0.05) is 37.7 Å². The van der Waals surface area contributed by atoms with Gasteiger partial charge in [-0.25, -0.2) is 4.79 Å². The molecule has 132 valence electrons. The average Bonchev–Trinajstić information content (AvgIpc) is 2.65. The van der Waals surface area contributed by atoms with Crippen molar-refractivity contribution in [3.63, 3.8) is 0 Å². The predicted molar refractivity (Wildman–Crippen MR) is 97.3 cm³/mol. The van der Waals surface area contributed by atoms with Crippen LogP contribution in [0, 0.1) is 0 Å². The fourth-order valence-corrected chi connectivity index (χ4v) is 2.87. The van der Waals surface area contributed by atoms with E-state index in [1.54, 1.807) is 12.4 Å². The van der Waals surface area contributed by atoms with Gasteiger partial charge >= 0.3 is 6.03 Å². The third-order valence-corrected chi connectivity index (χ3v) is 4.32. The zero-order chi connectivity index (χ0) is 17.5. The Labute approximate surface area is 148 Å². The zero-order valence-corrected chi connectivity index (χ0v) is 14.4. The van der Waals surface area contributed by atoms with E-state index in [0.29, 0.717) is 0 Å². The lowest BCUT2D eigenvalue weighted by atomic mass is 10.1. The Bertz CT molecular complexity index is 687. The number of urea groups is 1. The molecule has 2 heterocycles. The lowest BCUT2D eigenvalue weighted by molar-refractivity contribution is 0.0343. The van der Waals surface area contributed by atoms with Gasteiger partial charge < -0.3 is 15.4 Å². The van der Waals surface area contributed by atoms with Gasteiger partial charge in [0.15, 0.2) is 0 Å². The molecule has 6 heteroatoms. The standard InChI is InChI=1S/C19H24N4O2/c1-15(16-6-8-20-9-7-16)21-19(24)22-18-5-3-2-4-17(18)14-23-10-12-25-13-11-23/h2-9,15H,10-14H2,1H3,(H2,21,22,24). The van der Waals surface area contributed by atoms with Crippen LogP contribution in [-0.4, -0.2) is 42.2 Å². The largest absolute Gasteiger partial charge is 0.379 e. The van der Waals surface area contributed by atoms with E-state index < -0.39 is 0 Å². The molecule has 1 unspecified atom stereocenters. The zero-order valence-electron chi connectivity index (χ0n) is 14.4. The van der Waals surface area contributed by atoms with Crippen LogP contribution < -0.4 is 10.6 Å². The summed E-state index contributed by atoms with van der Waals surface area (Å²) in [6.45, 7) is 6.12. The smallest absolute Gasteiger partial charge is 0.319 e. The number of anilines is 1. The van der Waals surface area contributed by atoms with Gasteiger partial charge in [-0.3, -0.25) is 9.88 Å². The molecule has 2 amide bonds. The lowest BCUT2D eigenvalue weighted by Crippen LogP contribution is -2.36. The van der Waals surface area contributed by atoms with Gasteiger partial charge in [-0.15, -0.1) is 0 Å². The summed E-state index contributed by atoms with van der Waals surface area (Å²) in [5, 5.41) is 5.94. The highest BCUT2D eigenvalue weighted by molar-refractivity contribution is 5.90. The number of amides is 2. The summed E-state index contributed by atoms with van der Waals surface area (Å²) in [6, 6.07) is 11.4. The molecule has 1 aromatic carbocycles. The topological polar surface area (TPSA) is 66.5 Å². The van der Waals surface area contributed by atoms with Gasteiger partial charge in [-0.05, 0) is 36.2 Å². The third kappa shape index (κ3) is 5.01. The summed E-state index contributed by atoms with van der Waals surface area (Å²) >= 11 is 0. The number of hydrogen-bond acceptors (Lipinski definition) is 4.